The van der Waals surface area contributed by atoms with E-state index in [0.29, 0.717) is 5.92 Å². The molecule has 2 rings (SSSR count). The Labute approximate surface area is 127 Å². The summed E-state index contributed by atoms with van der Waals surface area (Å²) < 4.78 is 0. The molecule has 0 radical (unpaired) electrons. The summed E-state index contributed by atoms with van der Waals surface area (Å²) in [6.07, 6.45) is 2.06. The molecule has 112 valence electrons. The number of hydrogen-bond acceptors (Lipinski definition) is 2. The zero-order valence-electron chi connectivity index (χ0n) is 12.3. The maximum atomic E-state index is 12.3. The van der Waals surface area contributed by atoms with Gasteiger partial charge < -0.3 is 10.6 Å². The summed E-state index contributed by atoms with van der Waals surface area (Å²) in [4.78, 5) is 12.3. The number of hydrogen-bond donors (Lipinski definition) is 2. The molecule has 0 saturated carbocycles. The molecule has 1 aliphatic rings. The monoisotopic (exact) mass is 296 g/mol. The summed E-state index contributed by atoms with van der Waals surface area (Å²) in [5.74, 6) is 0.788. The van der Waals surface area contributed by atoms with Crippen LogP contribution in [0.2, 0.25) is 0 Å². The average Bonchev–Trinajstić information content (AvgIpc) is 2.37. The van der Waals surface area contributed by atoms with Gasteiger partial charge in [0.2, 0.25) is 5.91 Å². The second kappa shape index (κ2) is 8.28. The normalized spacial score (nSPS) is 17.5. The molecule has 1 amide bonds. The van der Waals surface area contributed by atoms with Gasteiger partial charge in [-0.1, -0.05) is 50.6 Å². The van der Waals surface area contributed by atoms with Crippen molar-refractivity contribution >= 4 is 18.3 Å². The highest BCUT2D eigenvalue weighted by Crippen LogP contribution is 2.21. The minimum atomic E-state index is 0. The Hall–Kier alpha value is -1.06. The van der Waals surface area contributed by atoms with Crippen molar-refractivity contribution in [2.24, 2.45) is 11.8 Å². The molecule has 4 heteroatoms. The maximum absolute atomic E-state index is 12.3. The second-order valence-electron chi connectivity index (χ2n) is 5.47. The second-order valence-corrected chi connectivity index (χ2v) is 5.47. The fraction of sp³-hybridized carbons (Fsp3) is 0.562. The van der Waals surface area contributed by atoms with Crippen molar-refractivity contribution in [3.05, 3.63) is 35.9 Å². The van der Waals surface area contributed by atoms with Crippen LogP contribution in [-0.4, -0.2) is 19.0 Å². The van der Waals surface area contributed by atoms with Gasteiger partial charge in [-0.3, -0.25) is 4.79 Å². The highest BCUT2D eigenvalue weighted by molar-refractivity contribution is 5.85. The predicted octanol–water partition coefficient (Wildman–Crippen LogP) is 2.92. The molecule has 1 heterocycles. The Morgan fingerprint density at radius 1 is 1.35 bits per heavy atom. The third kappa shape index (κ3) is 4.22. The number of amides is 1. The number of rotatable bonds is 6. The van der Waals surface area contributed by atoms with Gasteiger partial charge in [-0.05, 0) is 31.0 Å². The van der Waals surface area contributed by atoms with Gasteiger partial charge in [-0.15, -0.1) is 12.4 Å². The molecule has 2 atom stereocenters. The number of nitrogens with one attached hydrogen (secondary N) is 2. The van der Waals surface area contributed by atoms with Crippen LogP contribution >= 0.6 is 12.4 Å². The van der Waals surface area contributed by atoms with Crippen LogP contribution in [0.25, 0.3) is 0 Å². The third-order valence-electron chi connectivity index (χ3n) is 4.03. The molecule has 1 aromatic rings. The van der Waals surface area contributed by atoms with E-state index in [4.69, 9.17) is 0 Å². The lowest BCUT2D eigenvalue weighted by atomic mass is 9.88. The van der Waals surface area contributed by atoms with E-state index in [2.05, 4.69) is 29.7 Å². The molecule has 0 bridgehead atoms. The van der Waals surface area contributed by atoms with Crippen LogP contribution in [0.3, 0.4) is 0 Å². The zero-order chi connectivity index (χ0) is 13.7. The van der Waals surface area contributed by atoms with Crippen molar-refractivity contribution < 1.29 is 4.79 Å². The van der Waals surface area contributed by atoms with E-state index < -0.39 is 0 Å². The number of benzene rings is 1. The van der Waals surface area contributed by atoms with Crippen LogP contribution in [0.4, 0.5) is 0 Å². The van der Waals surface area contributed by atoms with E-state index in [1.165, 1.54) is 5.56 Å². The van der Waals surface area contributed by atoms with E-state index >= 15 is 0 Å². The molecule has 0 aliphatic carbocycles. The van der Waals surface area contributed by atoms with Crippen LogP contribution in [0.1, 0.15) is 38.3 Å². The number of halogens is 1. The molecule has 20 heavy (non-hydrogen) atoms. The van der Waals surface area contributed by atoms with E-state index in [-0.39, 0.29) is 30.3 Å². The van der Waals surface area contributed by atoms with Crippen molar-refractivity contribution in [1.82, 2.24) is 10.6 Å². The Balaban J connectivity index is 0.00000200. The maximum Gasteiger partial charge on any atom is 0.223 e. The fourth-order valence-corrected chi connectivity index (χ4v) is 2.48. The first kappa shape index (κ1) is 17.0. The standard InChI is InChI=1S/C16H24N2O.ClH/c1-3-7-15(13-8-5-4-6-9-13)18-16(19)12(2)14-10-17-11-14;/h4-6,8-9,12,14-15,17H,3,7,10-11H2,1-2H3,(H,18,19);1H. The van der Waals surface area contributed by atoms with E-state index in [1.54, 1.807) is 0 Å². The predicted molar refractivity (Wildman–Crippen MR) is 85.0 cm³/mol. The van der Waals surface area contributed by atoms with Gasteiger partial charge in [0.1, 0.15) is 0 Å². The molecule has 1 aliphatic heterocycles. The topological polar surface area (TPSA) is 41.1 Å². The summed E-state index contributed by atoms with van der Waals surface area (Å²) in [5.41, 5.74) is 1.21. The van der Waals surface area contributed by atoms with Crippen molar-refractivity contribution in [2.45, 2.75) is 32.7 Å². The van der Waals surface area contributed by atoms with E-state index in [0.717, 1.165) is 25.9 Å². The molecule has 1 saturated heterocycles. The first-order valence-corrected chi connectivity index (χ1v) is 7.28. The molecule has 1 fully saturated rings. The molecule has 0 spiro atoms. The molecular formula is C16H25ClN2O. The van der Waals surface area contributed by atoms with Gasteiger partial charge in [0.15, 0.2) is 0 Å². The Kier molecular flexibility index (Phi) is 7.03. The van der Waals surface area contributed by atoms with Crippen molar-refractivity contribution in [3.63, 3.8) is 0 Å². The molecule has 2 N–H and O–H groups in total. The van der Waals surface area contributed by atoms with Gasteiger partial charge in [-0.2, -0.15) is 0 Å². The molecular weight excluding hydrogens is 272 g/mol. The van der Waals surface area contributed by atoms with E-state index in [9.17, 15) is 4.79 Å². The van der Waals surface area contributed by atoms with Gasteiger partial charge in [-0.25, -0.2) is 0 Å². The summed E-state index contributed by atoms with van der Waals surface area (Å²) in [6, 6.07) is 10.4. The summed E-state index contributed by atoms with van der Waals surface area (Å²) >= 11 is 0. The largest absolute Gasteiger partial charge is 0.349 e. The van der Waals surface area contributed by atoms with E-state index in [1.807, 2.05) is 25.1 Å². The van der Waals surface area contributed by atoms with Gasteiger partial charge >= 0.3 is 0 Å². The highest BCUT2D eigenvalue weighted by atomic mass is 35.5. The SMILES string of the molecule is CCCC(NC(=O)C(C)C1CNC1)c1ccccc1.Cl. The van der Waals surface area contributed by atoms with Crippen LogP contribution in [0.15, 0.2) is 30.3 Å². The lowest BCUT2D eigenvalue weighted by Gasteiger charge is -2.32. The summed E-state index contributed by atoms with van der Waals surface area (Å²) in [5, 5.41) is 6.44. The lowest BCUT2D eigenvalue weighted by molar-refractivity contribution is -0.127. The lowest BCUT2D eigenvalue weighted by Crippen LogP contribution is -2.50. The quantitative estimate of drug-likeness (QED) is 0.847. The third-order valence-corrected chi connectivity index (χ3v) is 4.03. The van der Waals surface area contributed by atoms with Gasteiger partial charge in [0, 0.05) is 5.92 Å². The fourth-order valence-electron chi connectivity index (χ4n) is 2.48. The van der Waals surface area contributed by atoms with Crippen LogP contribution in [0.5, 0.6) is 0 Å². The van der Waals surface area contributed by atoms with Gasteiger partial charge in [0.05, 0.1) is 6.04 Å². The Bertz CT molecular complexity index is 406. The average molecular weight is 297 g/mol. The summed E-state index contributed by atoms with van der Waals surface area (Å²) in [7, 11) is 0. The first-order valence-electron chi connectivity index (χ1n) is 7.28. The number of carbonyl (C=O) groups is 1. The molecule has 0 aromatic heterocycles. The van der Waals surface area contributed by atoms with Crippen molar-refractivity contribution in [1.29, 1.82) is 0 Å². The van der Waals surface area contributed by atoms with Crippen LogP contribution in [-0.2, 0) is 4.79 Å². The Morgan fingerprint density at radius 3 is 2.50 bits per heavy atom. The number of carbonyl (C=O) groups excluding carboxylic acids is 1. The minimum absolute atomic E-state index is 0. The van der Waals surface area contributed by atoms with Crippen LogP contribution < -0.4 is 10.6 Å². The van der Waals surface area contributed by atoms with Crippen molar-refractivity contribution in [3.8, 4) is 0 Å². The van der Waals surface area contributed by atoms with Crippen molar-refractivity contribution in [2.75, 3.05) is 13.1 Å². The Morgan fingerprint density at radius 2 is 2.00 bits per heavy atom. The smallest absolute Gasteiger partial charge is 0.223 e. The zero-order valence-corrected chi connectivity index (χ0v) is 13.1. The summed E-state index contributed by atoms with van der Waals surface area (Å²) in [6.45, 7) is 6.13. The molecule has 3 nitrogen and oxygen atoms in total. The van der Waals surface area contributed by atoms with Gasteiger partial charge in [0.25, 0.3) is 0 Å². The highest BCUT2D eigenvalue weighted by Gasteiger charge is 2.29. The minimum Gasteiger partial charge on any atom is -0.349 e. The molecule has 1 aromatic carbocycles. The first-order chi connectivity index (χ1) is 9.22. The van der Waals surface area contributed by atoms with Crippen LogP contribution in [0, 0.1) is 11.8 Å². The molecule has 2 unspecified atom stereocenters.